The summed E-state index contributed by atoms with van der Waals surface area (Å²) in [6, 6.07) is 5.68. The highest BCUT2D eigenvalue weighted by molar-refractivity contribution is 5.71. The molecule has 19 heavy (non-hydrogen) atoms. The van der Waals surface area contributed by atoms with Gasteiger partial charge in [-0.15, -0.1) is 0 Å². The molecule has 0 spiro atoms. The second-order valence-corrected chi connectivity index (χ2v) is 5.84. The maximum absolute atomic E-state index is 11.9. The average Bonchev–Trinajstić information content (AvgIpc) is 2.27. The van der Waals surface area contributed by atoms with Crippen LogP contribution in [0.3, 0.4) is 0 Å². The zero-order valence-corrected chi connectivity index (χ0v) is 12.2. The lowest BCUT2D eigenvalue weighted by atomic mass is 9.91. The quantitative estimate of drug-likeness (QED) is 0.646. The van der Waals surface area contributed by atoms with E-state index in [0.29, 0.717) is 12.2 Å². The van der Waals surface area contributed by atoms with Crippen LogP contribution in [0.5, 0.6) is 0 Å². The Morgan fingerprint density at radius 3 is 2.53 bits per heavy atom. The van der Waals surface area contributed by atoms with Crippen molar-refractivity contribution >= 4 is 11.7 Å². The van der Waals surface area contributed by atoms with Crippen LogP contribution in [0.15, 0.2) is 18.2 Å². The fourth-order valence-corrected chi connectivity index (χ4v) is 2.00. The van der Waals surface area contributed by atoms with E-state index in [1.54, 1.807) is 0 Å². The van der Waals surface area contributed by atoms with Crippen molar-refractivity contribution < 1.29 is 9.53 Å². The monoisotopic (exact) mass is 264 g/mol. The van der Waals surface area contributed by atoms with Gasteiger partial charge in [0.05, 0.1) is 6.42 Å². The summed E-state index contributed by atoms with van der Waals surface area (Å²) in [5.74, 6) is -0.289. The van der Waals surface area contributed by atoms with Crippen LogP contribution >= 0.6 is 0 Å². The van der Waals surface area contributed by atoms with Crippen LogP contribution in [0, 0.1) is 6.92 Å². The fourth-order valence-electron chi connectivity index (χ4n) is 2.00. The number of nitrogen functional groups attached to an aromatic ring is 1. The van der Waals surface area contributed by atoms with E-state index in [2.05, 4.69) is 0 Å². The molecule has 1 aromatic carbocycles. The van der Waals surface area contributed by atoms with Gasteiger partial charge in [0, 0.05) is 11.6 Å². The van der Waals surface area contributed by atoms with Crippen molar-refractivity contribution in [1.29, 1.82) is 0 Å². The number of benzene rings is 1. The number of rotatable bonds is 4. The van der Waals surface area contributed by atoms with Gasteiger partial charge in [-0.05, 0) is 57.5 Å². The maximum atomic E-state index is 11.9. The molecule has 0 heterocycles. The first-order valence-corrected chi connectivity index (χ1v) is 6.51. The Hall–Kier alpha value is -1.55. The minimum atomic E-state index is -0.471. The number of anilines is 1. The largest absolute Gasteiger partial charge is 0.460 e. The van der Waals surface area contributed by atoms with Crippen LogP contribution < -0.4 is 11.5 Å². The summed E-state index contributed by atoms with van der Waals surface area (Å²) >= 11 is 0. The molecule has 4 nitrogen and oxygen atoms in total. The molecule has 0 aliphatic carbocycles. The van der Waals surface area contributed by atoms with E-state index < -0.39 is 5.60 Å². The van der Waals surface area contributed by atoms with E-state index in [1.807, 2.05) is 45.9 Å². The van der Waals surface area contributed by atoms with Gasteiger partial charge in [0.2, 0.25) is 0 Å². The van der Waals surface area contributed by atoms with E-state index in [-0.39, 0.29) is 18.3 Å². The highest BCUT2D eigenvalue weighted by atomic mass is 16.6. The molecule has 1 aromatic rings. The molecule has 4 N–H and O–H groups in total. The van der Waals surface area contributed by atoms with Crippen molar-refractivity contribution in [3.63, 3.8) is 0 Å². The molecule has 0 bridgehead atoms. The van der Waals surface area contributed by atoms with Crippen LogP contribution in [0.4, 0.5) is 5.69 Å². The van der Waals surface area contributed by atoms with Crippen LogP contribution in [0.2, 0.25) is 0 Å². The number of aryl methyl sites for hydroxylation is 1. The summed E-state index contributed by atoms with van der Waals surface area (Å²) in [7, 11) is 0. The van der Waals surface area contributed by atoms with Crippen molar-refractivity contribution in [3.05, 3.63) is 29.3 Å². The molecule has 0 saturated heterocycles. The van der Waals surface area contributed by atoms with E-state index in [4.69, 9.17) is 16.2 Å². The third-order valence-electron chi connectivity index (χ3n) is 2.86. The Labute approximate surface area is 115 Å². The molecule has 0 fully saturated rings. The van der Waals surface area contributed by atoms with Crippen LogP contribution in [0.25, 0.3) is 0 Å². The second-order valence-electron chi connectivity index (χ2n) is 5.84. The van der Waals surface area contributed by atoms with Gasteiger partial charge in [0.25, 0.3) is 0 Å². The van der Waals surface area contributed by atoms with Gasteiger partial charge in [-0.3, -0.25) is 4.79 Å². The van der Waals surface area contributed by atoms with E-state index >= 15 is 0 Å². The van der Waals surface area contributed by atoms with Gasteiger partial charge in [0.15, 0.2) is 0 Å². The highest BCUT2D eigenvalue weighted by Gasteiger charge is 2.21. The number of esters is 1. The van der Waals surface area contributed by atoms with Crippen LogP contribution in [-0.4, -0.2) is 18.1 Å². The van der Waals surface area contributed by atoms with Crippen LogP contribution in [0.1, 0.15) is 44.2 Å². The third kappa shape index (κ3) is 4.91. The first-order chi connectivity index (χ1) is 8.73. The number of carbonyl (C=O) groups is 1. The van der Waals surface area contributed by atoms with Gasteiger partial charge >= 0.3 is 5.97 Å². The van der Waals surface area contributed by atoms with E-state index in [1.165, 1.54) is 0 Å². The Morgan fingerprint density at radius 1 is 1.37 bits per heavy atom. The molecule has 1 atom stereocenters. The summed E-state index contributed by atoms with van der Waals surface area (Å²) in [5.41, 5.74) is 13.9. The molecule has 1 rings (SSSR count). The molecule has 0 aromatic heterocycles. The first kappa shape index (κ1) is 15.5. The molecular weight excluding hydrogens is 240 g/mol. The number of carbonyl (C=O) groups excluding carboxylic acids is 1. The lowest BCUT2D eigenvalue weighted by Crippen LogP contribution is -2.26. The predicted octanol–water partition coefficient (Wildman–Crippen LogP) is 2.35. The van der Waals surface area contributed by atoms with Gasteiger partial charge in [-0.1, -0.05) is 6.07 Å². The van der Waals surface area contributed by atoms with E-state index in [0.717, 1.165) is 11.1 Å². The van der Waals surface area contributed by atoms with Crippen molar-refractivity contribution in [2.45, 2.75) is 45.6 Å². The maximum Gasteiger partial charge on any atom is 0.306 e. The zero-order valence-electron chi connectivity index (χ0n) is 12.2. The zero-order chi connectivity index (χ0) is 14.6. The van der Waals surface area contributed by atoms with Crippen molar-refractivity contribution in [3.8, 4) is 0 Å². The Bertz CT molecular complexity index is 450. The van der Waals surface area contributed by atoms with Crippen LogP contribution in [-0.2, 0) is 9.53 Å². The topological polar surface area (TPSA) is 78.3 Å². The number of nitrogens with two attached hydrogens (primary N) is 2. The molecular formula is C15H24N2O2. The van der Waals surface area contributed by atoms with Gasteiger partial charge in [-0.2, -0.15) is 0 Å². The molecule has 0 saturated carbocycles. The van der Waals surface area contributed by atoms with Crippen molar-refractivity contribution in [1.82, 2.24) is 0 Å². The lowest BCUT2D eigenvalue weighted by Gasteiger charge is -2.22. The molecule has 0 amide bonds. The summed E-state index contributed by atoms with van der Waals surface area (Å²) in [6.07, 6.45) is 0.276. The molecule has 1 unspecified atom stereocenters. The van der Waals surface area contributed by atoms with Gasteiger partial charge in [-0.25, -0.2) is 0 Å². The Morgan fingerprint density at radius 2 is 2.00 bits per heavy atom. The van der Waals surface area contributed by atoms with Gasteiger partial charge in [0.1, 0.15) is 5.60 Å². The number of hydrogen-bond donors (Lipinski definition) is 2. The smallest absolute Gasteiger partial charge is 0.306 e. The SMILES string of the molecule is Cc1ccc(N)cc1C(CN)CC(=O)OC(C)(C)C. The minimum Gasteiger partial charge on any atom is -0.460 e. The second kappa shape index (κ2) is 6.06. The number of hydrogen-bond acceptors (Lipinski definition) is 4. The third-order valence-corrected chi connectivity index (χ3v) is 2.86. The number of ether oxygens (including phenoxy) is 1. The van der Waals surface area contributed by atoms with E-state index in [9.17, 15) is 4.79 Å². The fraction of sp³-hybridized carbons (Fsp3) is 0.533. The normalized spacial score (nSPS) is 13.1. The molecule has 0 aliphatic rings. The highest BCUT2D eigenvalue weighted by Crippen LogP contribution is 2.25. The summed E-state index contributed by atoms with van der Waals surface area (Å²) in [6.45, 7) is 7.95. The first-order valence-electron chi connectivity index (χ1n) is 6.51. The minimum absolute atomic E-state index is 0.0571. The molecule has 106 valence electrons. The summed E-state index contributed by atoms with van der Waals surface area (Å²) in [4.78, 5) is 11.9. The molecule has 0 radical (unpaired) electrons. The standard InChI is InChI=1S/C15H24N2O2/c1-10-5-6-12(17)8-13(10)11(9-16)7-14(18)19-15(2,3)4/h5-6,8,11H,7,9,16-17H2,1-4H3. The predicted molar refractivity (Wildman–Crippen MR) is 77.8 cm³/mol. The molecule has 0 aliphatic heterocycles. The molecule has 4 heteroatoms. The van der Waals surface area contributed by atoms with Crippen molar-refractivity contribution in [2.24, 2.45) is 5.73 Å². The Kier molecular flexibility index (Phi) is 4.95. The Balaban J connectivity index is 2.84. The summed E-state index contributed by atoms with van der Waals surface area (Å²) < 4.78 is 5.34. The lowest BCUT2D eigenvalue weighted by molar-refractivity contribution is -0.155. The summed E-state index contributed by atoms with van der Waals surface area (Å²) in [5, 5.41) is 0. The average molecular weight is 264 g/mol. The van der Waals surface area contributed by atoms with Gasteiger partial charge < -0.3 is 16.2 Å². The van der Waals surface area contributed by atoms with Crippen molar-refractivity contribution in [2.75, 3.05) is 12.3 Å².